The predicted octanol–water partition coefficient (Wildman–Crippen LogP) is 0.613. The summed E-state index contributed by atoms with van der Waals surface area (Å²) in [5, 5.41) is 11.3. The Labute approximate surface area is 123 Å². The Morgan fingerprint density at radius 1 is 1.43 bits per heavy atom. The molecule has 7 heteroatoms. The quantitative estimate of drug-likeness (QED) is 0.751. The molecule has 0 atom stereocenters. The summed E-state index contributed by atoms with van der Waals surface area (Å²) in [4.78, 5) is 38.8. The minimum atomic E-state index is -0.715. The summed E-state index contributed by atoms with van der Waals surface area (Å²) in [7, 11) is 1.62. The third-order valence-electron chi connectivity index (χ3n) is 4.24. The van der Waals surface area contributed by atoms with E-state index in [1.54, 1.807) is 7.05 Å². The fraction of sp³-hybridized carbons (Fsp3) is 0.714. The molecular weight excluding hydrogens is 272 g/mol. The molecule has 2 rings (SSSR count). The number of hydrogen-bond donors (Lipinski definition) is 1. The van der Waals surface area contributed by atoms with Crippen LogP contribution < -0.4 is 5.32 Å². The van der Waals surface area contributed by atoms with E-state index in [2.05, 4.69) is 5.32 Å². The molecular formula is C14H20N4O3. The summed E-state index contributed by atoms with van der Waals surface area (Å²) in [6, 6.07) is 1.58. The number of imide groups is 1. The van der Waals surface area contributed by atoms with Gasteiger partial charge < -0.3 is 10.2 Å². The minimum Gasteiger partial charge on any atom is -0.345 e. The van der Waals surface area contributed by atoms with E-state index < -0.39 is 11.6 Å². The third-order valence-corrected chi connectivity index (χ3v) is 4.24. The first-order valence-electron chi connectivity index (χ1n) is 7.25. The maximum atomic E-state index is 12.4. The van der Waals surface area contributed by atoms with Gasteiger partial charge in [-0.2, -0.15) is 5.26 Å². The Hall–Kier alpha value is -2.10. The van der Waals surface area contributed by atoms with Crippen molar-refractivity contribution in [2.45, 2.75) is 44.1 Å². The summed E-state index contributed by atoms with van der Waals surface area (Å²) >= 11 is 0. The first kappa shape index (κ1) is 15.3. The van der Waals surface area contributed by atoms with Gasteiger partial charge in [0, 0.05) is 26.6 Å². The maximum absolute atomic E-state index is 12.4. The van der Waals surface area contributed by atoms with E-state index in [1.807, 2.05) is 6.07 Å². The van der Waals surface area contributed by atoms with Gasteiger partial charge in [-0.15, -0.1) is 0 Å². The Kier molecular flexibility index (Phi) is 4.46. The van der Waals surface area contributed by atoms with Crippen LogP contribution >= 0.6 is 0 Å². The summed E-state index contributed by atoms with van der Waals surface area (Å²) < 4.78 is 0. The first-order valence-corrected chi connectivity index (χ1v) is 7.25. The van der Waals surface area contributed by atoms with Crippen molar-refractivity contribution in [2.24, 2.45) is 0 Å². The summed E-state index contributed by atoms with van der Waals surface area (Å²) in [5.41, 5.74) is -0.715. The first-order chi connectivity index (χ1) is 10.00. The van der Waals surface area contributed by atoms with E-state index in [4.69, 9.17) is 5.26 Å². The van der Waals surface area contributed by atoms with Crippen LogP contribution in [-0.4, -0.2) is 53.3 Å². The van der Waals surface area contributed by atoms with Crippen LogP contribution in [0.3, 0.4) is 0 Å². The Bertz CT molecular complexity index is 491. The highest BCUT2D eigenvalue weighted by Gasteiger charge is 2.52. The fourth-order valence-corrected chi connectivity index (χ4v) is 2.94. The zero-order valence-electron chi connectivity index (χ0n) is 12.2. The van der Waals surface area contributed by atoms with Gasteiger partial charge in [0.1, 0.15) is 5.54 Å². The van der Waals surface area contributed by atoms with E-state index in [1.165, 1.54) is 4.90 Å². The van der Waals surface area contributed by atoms with Gasteiger partial charge >= 0.3 is 6.03 Å². The maximum Gasteiger partial charge on any atom is 0.325 e. The number of rotatable bonds is 5. The third kappa shape index (κ3) is 2.99. The van der Waals surface area contributed by atoms with Crippen LogP contribution in [0.2, 0.25) is 0 Å². The molecule has 0 unspecified atom stereocenters. The lowest BCUT2D eigenvalue weighted by atomic mass is 9.98. The van der Waals surface area contributed by atoms with Crippen molar-refractivity contribution in [3.05, 3.63) is 0 Å². The molecule has 0 aromatic heterocycles. The molecule has 0 radical (unpaired) electrons. The SMILES string of the molecule is CN(CCC#N)C(=O)CCN1C(=O)NC2(CCCC2)C1=O. The molecule has 7 nitrogen and oxygen atoms in total. The lowest BCUT2D eigenvalue weighted by Crippen LogP contribution is -2.44. The van der Waals surface area contributed by atoms with Crippen molar-refractivity contribution < 1.29 is 14.4 Å². The molecule has 0 aromatic rings. The van der Waals surface area contributed by atoms with Crippen molar-refractivity contribution >= 4 is 17.8 Å². The van der Waals surface area contributed by atoms with Crippen molar-refractivity contribution in [1.29, 1.82) is 5.26 Å². The summed E-state index contributed by atoms with van der Waals surface area (Å²) in [5.74, 6) is -0.365. The molecule has 2 fully saturated rings. The Morgan fingerprint density at radius 2 is 2.10 bits per heavy atom. The molecule has 21 heavy (non-hydrogen) atoms. The van der Waals surface area contributed by atoms with E-state index in [0.717, 1.165) is 17.7 Å². The van der Waals surface area contributed by atoms with Crippen LogP contribution in [0.4, 0.5) is 4.79 Å². The lowest BCUT2D eigenvalue weighted by molar-refractivity contribution is -0.133. The van der Waals surface area contributed by atoms with Crippen LogP contribution in [0.5, 0.6) is 0 Å². The molecule has 0 bridgehead atoms. The Balaban J connectivity index is 1.89. The van der Waals surface area contributed by atoms with Gasteiger partial charge in [0.25, 0.3) is 5.91 Å². The standard InChI is InChI=1S/C14H20N4O3/c1-17(9-4-8-15)11(19)5-10-18-12(20)14(16-13(18)21)6-2-3-7-14/h2-7,9-10H2,1H3,(H,16,21). The molecule has 1 N–H and O–H groups in total. The fourth-order valence-electron chi connectivity index (χ4n) is 2.94. The molecule has 1 saturated carbocycles. The van der Waals surface area contributed by atoms with Gasteiger partial charge in [-0.1, -0.05) is 12.8 Å². The number of carbonyl (C=O) groups is 3. The number of amides is 4. The molecule has 0 aromatic carbocycles. The highest BCUT2D eigenvalue weighted by molar-refractivity contribution is 6.07. The van der Waals surface area contributed by atoms with Crippen LogP contribution in [0, 0.1) is 11.3 Å². The second-order valence-corrected chi connectivity index (χ2v) is 5.65. The second-order valence-electron chi connectivity index (χ2n) is 5.65. The number of carbonyl (C=O) groups excluding carboxylic acids is 3. The summed E-state index contributed by atoms with van der Waals surface area (Å²) in [6.07, 6.45) is 3.62. The number of hydrogen-bond acceptors (Lipinski definition) is 4. The zero-order chi connectivity index (χ0) is 15.5. The van der Waals surface area contributed by atoms with Crippen LogP contribution in [0.15, 0.2) is 0 Å². The van der Waals surface area contributed by atoms with Crippen molar-refractivity contribution in [3.8, 4) is 6.07 Å². The highest BCUT2D eigenvalue weighted by atomic mass is 16.2. The Morgan fingerprint density at radius 3 is 2.71 bits per heavy atom. The van der Waals surface area contributed by atoms with Gasteiger partial charge in [0.05, 0.1) is 12.5 Å². The van der Waals surface area contributed by atoms with Gasteiger partial charge in [-0.25, -0.2) is 4.79 Å². The van der Waals surface area contributed by atoms with E-state index in [9.17, 15) is 14.4 Å². The molecule has 1 spiro atoms. The van der Waals surface area contributed by atoms with Gasteiger partial charge in [-0.05, 0) is 12.8 Å². The topological polar surface area (TPSA) is 93.5 Å². The summed E-state index contributed by atoms with van der Waals surface area (Å²) in [6.45, 7) is 0.460. The lowest BCUT2D eigenvalue weighted by Gasteiger charge is -2.20. The monoisotopic (exact) mass is 292 g/mol. The van der Waals surface area contributed by atoms with Crippen LogP contribution in [0.25, 0.3) is 0 Å². The average Bonchev–Trinajstić information content (AvgIpc) is 3.01. The number of urea groups is 1. The molecule has 4 amide bonds. The van der Waals surface area contributed by atoms with Gasteiger partial charge in [-0.3, -0.25) is 14.5 Å². The van der Waals surface area contributed by atoms with Crippen molar-refractivity contribution in [2.75, 3.05) is 20.1 Å². The van der Waals surface area contributed by atoms with Crippen molar-refractivity contribution in [1.82, 2.24) is 15.1 Å². The van der Waals surface area contributed by atoms with Crippen LogP contribution in [0.1, 0.15) is 38.5 Å². The molecule has 1 aliphatic heterocycles. The van der Waals surface area contributed by atoms with E-state index in [-0.39, 0.29) is 31.2 Å². The predicted molar refractivity (Wildman–Crippen MR) is 73.9 cm³/mol. The molecule has 1 aliphatic carbocycles. The van der Waals surface area contributed by atoms with Gasteiger partial charge in [0.15, 0.2) is 0 Å². The van der Waals surface area contributed by atoms with E-state index in [0.29, 0.717) is 19.4 Å². The second kappa shape index (κ2) is 6.12. The average molecular weight is 292 g/mol. The smallest absolute Gasteiger partial charge is 0.325 e. The molecule has 1 saturated heterocycles. The zero-order valence-corrected chi connectivity index (χ0v) is 12.2. The molecule has 2 aliphatic rings. The largest absolute Gasteiger partial charge is 0.345 e. The molecule has 1 heterocycles. The van der Waals surface area contributed by atoms with Crippen molar-refractivity contribution in [3.63, 3.8) is 0 Å². The number of nitriles is 1. The molecule has 114 valence electrons. The van der Waals surface area contributed by atoms with Gasteiger partial charge in [0.2, 0.25) is 5.91 Å². The normalized spacial score (nSPS) is 19.7. The highest BCUT2D eigenvalue weighted by Crippen LogP contribution is 2.34. The minimum absolute atomic E-state index is 0.0944. The van der Waals surface area contributed by atoms with Crippen LogP contribution in [-0.2, 0) is 9.59 Å². The number of nitrogens with one attached hydrogen (secondary N) is 1. The van der Waals surface area contributed by atoms with E-state index >= 15 is 0 Å². The number of nitrogens with zero attached hydrogens (tertiary/aromatic N) is 3.